The van der Waals surface area contributed by atoms with Crippen LogP contribution in [0.1, 0.15) is 16.8 Å². The molecule has 0 saturated heterocycles. The number of nitrogens with one attached hydrogen (secondary N) is 1. The molecule has 0 aliphatic rings. The molecule has 20 heavy (non-hydrogen) atoms. The van der Waals surface area contributed by atoms with Crippen molar-refractivity contribution in [2.45, 2.75) is 20.4 Å². The molecule has 0 unspecified atom stereocenters. The molecule has 2 aromatic heterocycles. The Bertz CT molecular complexity index is 761. The maximum absolute atomic E-state index is 11.7. The van der Waals surface area contributed by atoms with Gasteiger partial charge in [-0.25, -0.2) is 4.79 Å². The predicted octanol–water partition coefficient (Wildman–Crippen LogP) is 0.188. The lowest BCUT2D eigenvalue weighted by Crippen LogP contribution is -2.31. The fraction of sp³-hybridized carbons (Fsp3) is 0.308. The molecule has 2 heterocycles. The van der Waals surface area contributed by atoms with E-state index in [1.807, 2.05) is 13.8 Å². The maximum atomic E-state index is 11.7. The van der Waals surface area contributed by atoms with E-state index in [4.69, 9.17) is 10.5 Å². The number of nitrogens with two attached hydrogens (primary N) is 1. The van der Waals surface area contributed by atoms with E-state index in [1.54, 1.807) is 13.3 Å². The summed E-state index contributed by atoms with van der Waals surface area (Å²) in [6.45, 7) is 3.98. The van der Waals surface area contributed by atoms with Crippen molar-refractivity contribution in [2.24, 2.45) is 0 Å². The first-order valence-corrected chi connectivity index (χ1v) is 6.02. The van der Waals surface area contributed by atoms with Crippen molar-refractivity contribution in [3.63, 3.8) is 0 Å². The van der Waals surface area contributed by atoms with Crippen LogP contribution in [0.25, 0.3) is 0 Å². The maximum Gasteiger partial charge on any atom is 0.328 e. The molecular formula is C13H16N4O3. The van der Waals surface area contributed by atoms with Crippen LogP contribution in [0.3, 0.4) is 0 Å². The Hall–Kier alpha value is -2.57. The van der Waals surface area contributed by atoms with Crippen LogP contribution in [0.4, 0.5) is 5.69 Å². The normalized spacial score (nSPS) is 10.6. The lowest BCUT2D eigenvalue weighted by molar-refractivity contribution is 0.406. The molecule has 7 nitrogen and oxygen atoms in total. The average Bonchev–Trinajstić information content (AvgIpc) is 2.39. The van der Waals surface area contributed by atoms with Crippen LogP contribution in [0, 0.1) is 13.8 Å². The van der Waals surface area contributed by atoms with E-state index in [0.29, 0.717) is 5.69 Å². The van der Waals surface area contributed by atoms with Gasteiger partial charge >= 0.3 is 5.69 Å². The third-order valence-corrected chi connectivity index (χ3v) is 3.11. The molecule has 7 heteroatoms. The lowest BCUT2D eigenvalue weighted by atomic mass is 10.1. The van der Waals surface area contributed by atoms with E-state index in [-0.39, 0.29) is 12.2 Å². The van der Waals surface area contributed by atoms with Gasteiger partial charge < -0.3 is 10.5 Å². The van der Waals surface area contributed by atoms with Crippen LogP contribution < -0.4 is 21.7 Å². The molecule has 0 fully saturated rings. The van der Waals surface area contributed by atoms with Gasteiger partial charge in [0.25, 0.3) is 5.56 Å². The summed E-state index contributed by atoms with van der Waals surface area (Å²) in [4.78, 5) is 29.4. The zero-order valence-corrected chi connectivity index (χ0v) is 11.6. The summed E-state index contributed by atoms with van der Waals surface area (Å²) in [5, 5.41) is 0. The number of methoxy groups -OCH3 is 1. The molecule has 0 aliphatic carbocycles. The van der Waals surface area contributed by atoms with Gasteiger partial charge in [-0.2, -0.15) is 0 Å². The third-order valence-electron chi connectivity index (χ3n) is 3.11. The summed E-state index contributed by atoms with van der Waals surface area (Å²) in [7, 11) is 1.59. The molecule has 106 valence electrons. The highest BCUT2D eigenvalue weighted by Gasteiger charge is 2.11. The fourth-order valence-electron chi connectivity index (χ4n) is 2.04. The van der Waals surface area contributed by atoms with Crippen molar-refractivity contribution in [1.29, 1.82) is 0 Å². The van der Waals surface area contributed by atoms with Crippen molar-refractivity contribution >= 4 is 5.69 Å². The molecule has 0 aliphatic heterocycles. The minimum atomic E-state index is -0.586. The van der Waals surface area contributed by atoms with Crippen LogP contribution >= 0.6 is 0 Å². The second-order valence-electron chi connectivity index (χ2n) is 4.52. The molecule has 2 aromatic rings. The number of aryl methyl sites for hydroxylation is 1. The molecule has 0 spiro atoms. The van der Waals surface area contributed by atoms with Crippen LogP contribution in [0.2, 0.25) is 0 Å². The zero-order valence-electron chi connectivity index (χ0n) is 11.6. The largest absolute Gasteiger partial charge is 0.496 e. The molecule has 0 aromatic carbocycles. The molecule has 0 amide bonds. The van der Waals surface area contributed by atoms with Crippen molar-refractivity contribution in [3.05, 3.63) is 50.1 Å². The summed E-state index contributed by atoms with van der Waals surface area (Å²) in [5.41, 5.74) is 6.84. The lowest BCUT2D eigenvalue weighted by Gasteiger charge is -2.13. The van der Waals surface area contributed by atoms with Gasteiger partial charge in [-0.3, -0.25) is 19.3 Å². The summed E-state index contributed by atoms with van der Waals surface area (Å²) in [6.07, 6.45) is 3.00. The molecule has 0 saturated carbocycles. The summed E-state index contributed by atoms with van der Waals surface area (Å²) in [5.74, 6) is 0.737. The van der Waals surface area contributed by atoms with Crippen molar-refractivity contribution in [1.82, 2.24) is 14.5 Å². The Morgan fingerprint density at radius 1 is 1.40 bits per heavy atom. The van der Waals surface area contributed by atoms with Crippen LogP contribution in [0.15, 0.2) is 22.0 Å². The van der Waals surface area contributed by atoms with E-state index in [9.17, 15) is 9.59 Å². The number of hydrogen-bond donors (Lipinski definition) is 2. The average molecular weight is 276 g/mol. The molecule has 3 N–H and O–H groups in total. The number of rotatable bonds is 3. The Balaban J connectivity index is 2.48. The van der Waals surface area contributed by atoms with E-state index < -0.39 is 11.2 Å². The predicted molar refractivity (Wildman–Crippen MR) is 75.1 cm³/mol. The number of anilines is 1. The number of aromatic nitrogens is 3. The van der Waals surface area contributed by atoms with E-state index in [0.717, 1.165) is 16.9 Å². The highest BCUT2D eigenvalue weighted by molar-refractivity contribution is 5.41. The minimum absolute atomic E-state index is 0.0127. The quantitative estimate of drug-likeness (QED) is 0.832. The van der Waals surface area contributed by atoms with E-state index in [2.05, 4.69) is 9.97 Å². The molecular weight excluding hydrogens is 260 g/mol. The standard InChI is InChI=1S/C13H16N4O3/c1-7-4-15-10(8(2)11(7)20-3)6-17-5-9(14)12(18)16-13(17)19/h4-5H,6,14H2,1-3H3,(H,16,18,19). The zero-order chi connectivity index (χ0) is 14.9. The van der Waals surface area contributed by atoms with Crippen molar-refractivity contribution in [3.8, 4) is 5.75 Å². The number of nitrogens with zero attached hydrogens (tertiary/aromatic N) is 2. The van der Waals surface area contributed by atoms with Crippen LogP contribution in [-0.4, -0.2) is 21.6 Å². The highest BCUT2D eigenvalue weighted by atomic mass is 16.5. The van der Waals surface area contributed by atoms with E-state index in [1.165, 1.54) is 10.8 Å². The van der Waals surface area contributed by atoms with Gasteiger partial charge in [-0.1, -0.05) is 0 Å². The van der Waals surface area contributed by atoms with Gasteiger partial charge in [0.1, 0.15) is 11.4 Å². The number of aromatic amines is 1. The minimum Gasteiger partial charge on any atom is -0.496 e. The van der Waals surface area contributed by atoms with Gasteiger partial charge in [0.15, 0.2) is 0 Å². The Kier molecular flexibility index (Phi) is 3.60. The molecule has 2 rings (SSSR count). The number of H-pyrrole nitrogens is 1. The Morgan fingerprint density at radius 2 is 2.10 bits per heavy atom. The topological polar surface area (TPSA) is 103 Å². The van der Waals surface area contributed by atoms with Crippen molar-refractivity contribution in [2.75, 3.05) is 12.8 Å². The van der Waals surface area contributed by atoms with Crippen LogP contribution in [-0.2, 0) is 6.54 Å². The van der Waals surface area contributed by atoms with Crippen LogP contribution in [0.5, 0.6) is 5.75 Å². The Labute approximate surface area is 115 Å². The third kappa shape index (κ3) is 2.42. The van der Waals surface area contributed by atoms with Gasteiger partial charge in [-0.15, -0.1) is 0 Å². The molecule has 0 atom stereocenters. The summed E-state index contributed by atoms with van der Waals surface area (Å²) >= 11 is 0. The fourth-order valence-corrected chi connectivity index (χ4v) is 2.04. The highest BCUT2D eigenvalue weighted by Crippen LogP contribution is 2.24. The van der Waals surface area contributed by atoms with Gasteiger partial charge in [-0.05, 0) is 13.8 Å². The number of ether oxygens (including phenoxy) is 1. The van der Waals surface area contributed by atoms with Gasteiger partial charge in [0.2, 0.25) is 0 Å². The molecule has 0 bridgehead atoms. The first-order chi connectivity index (χ1) is 9.43. The summed E-state index contributed by atoms with van der Waals surface area (Å²) in [6, 6.07) is 0. The number of hydrogen-bond acceptors (Lipinski definition) is 5. The smallest absolute Gasteiger partial charge is 0.328 e. The SMILES string of the molecule is COc1c(C)cnc(Cn2cc(N)c(=O)[nH]c2=O)c1C. The van der Waals surface area contributed by atoms with Gasteiger partial charge in [0.05, 0.1) is 19.3 Å². The van der Waals surface area contributed by atoms with Crippen molar-refractivity contribution < 1.29 is 4.74 Å². The first-order valence-electron chi connectivity index (χ1n) is 6.02. The monoisotopic (exact) mass is 276 g/mol. The second-order valence-corrected chi connectivity index (χ2v) is 4.52. The summed E-state index contributed by atoms with van der Waals surface area (Å²) < 4.78 is 6.62. The Morgan fingerprint density at radius 3 is 2.75 bits per heavy atom. The number of pyridine rings is 1. The van der Waals surface area contributed by atoms with E-state index >= 15 is 0 Å². The van der Waals surface area contributed by atoms with Gasteiger partial charge in [0, 0.05) is 23.5 Å². The second kappa shape index (κ2) is 5.20. The first kappa shape index (κ1) is 13.9. The number of nitrogen functional groups attached to an aromatic ring is 1. The molecule has 0 radical (unpaired) electrons.